The summed E-state index contributed by atoms with van der Waals surface area (Å²) in [6.45, 7) is 10.7. The third-order valence-corrected chi connectivity index (χ3v) is 8.98. The summed E-state index contributed by atoms with van der Waals surface area (Å²) in [4.78, 5) is 58.2. The standard InChI is InChI=1S/C41H38N4O5S/c1-6-8-19-33(7-2)45-40(49)36(25-32-24-27(3)44(28(32)4)34-20-22-35(23-21-34)50-29(5)46)39(48)43-41(45)51-26-37(47)42-38(30-15-11-9-12-16-30)31-17-13-10-14-18-31/h6-25,38H,1,26H2,2-5H3,(H,42,47)/b19-8-,33-7+,36-25+. The number of esters is 1. The van der Waals surface area contributed by atoms with Crippen LogP contribution in [0.1, 0.15) is 48.0 Å². The molecule has 9 nitrogen and oxygen atoms in total. The molecule has 10 heteroatoms. The first-order valence-corrected chi connectivity index (χ1v) is 17.2. The first-order chi connectivity index (χ1) is 24.6. The minimum absolute atomic E-state index is 0.0911. The van der Waals surface area contributed by atoms with Crippen molar-refractivity contribution in [3.05, 3.63) is 161 Å². The van der Waals surface area contributed by atoms with Crippen molar-refractivity contribution in [2.45, 2.75) is 33.7 Å². The zero-order valence-corrected chi connectivity index (χ0v) is 29.6. The van der Waals surface area contributed by atoms with E-state index in [2.05, 4.69) is 16.9 Å². The number of aromatic nitrogens is 1. The van der Waals surface area contributed by atoms with Crippen LogP contribution in [0.3, 0.4) is 0 Å². The molecule has 1 aromatic heterocycles. The molecule has 258 valence electrons. The van der Waals surface area contributed by atoms with Crippen molar-refractivity contribution in [3.8, 4) is 11.4 Å². The number of nitrogens with zero attached hydrogens (tertiary/aromatic N) is 3. The molecule has 0 unspecified atom stereocenters. The van der Waals surface area contributed by atoms with E-state index in [1.165, 1.54) is 11.8 Å². The monoisotopic (exact) mass is 698 g/mol. The number of thioether (sulfide) groups is 1. The van der Waals surface area contributed by atoms with E-state index in [9.17, 15) is 19.2 Å². The van der Waals surface area contributed by atoms with E-state index in [0.717, 1.165) is 40.0 Å². The Morgan fingerprint density at radius 2 is 1.59 bits per heavy atom. The molecule has 0 saturated heterocycles. The number of rotatable bonds is 11. The molecule has 1 aliphatic rings. The van der Waals surface area contributed by atoms with Crippen LogP contribution in [0.15, 0.2) is 138 Å². The predicted molar refractivity (Wildman–Crippen MR) is 202 cm³/mol. The normalized spacial score (nSPS) is 14.3. The minimum Gasteiger partial charge on any atom is -0.427 e. The van der Waals surface area contributed by atoms with Gasteiger partial charge in [0.05, 0.1) is 11.8 Å². The highest BCUT2D eigenvalue weighted by Gasteiger charge is 2.35. The maximum Gasteiger partial charge on any atom is 0.308 e. The summed E-state index contributed by atoms with van der Waals surface area (Å²) in [7, 11) is 0. The fraction of sp³-hybridized carbons (Fsp3) is 0.146. The summed E-state index contributed by atoms with van der Waals surface area (Å²) < 4.78 is 7.14. The van der Waals surface area contributed by atoms with E-state index in [1.54, 1.807) is 49.4 Å². The van der Waals surface area contributed by atoms with Crippen molar-refractivity contribution in [2.24, 2.45) is 4.99 Å². The number of aryl methyl sites for hydroxylation is 1. The van der Waals surface area contributed by atoms with Crippen LogP contribution < -0.4 is 10.1 Å². The van der Waals surface area contributed by atoms with Gasteiger partial charge in [0.15, 0.2) is 5.17 Å². The van der Waals surface area contributed by atoms with E-state index in [0.29, 0.717) is 17.0 Å². The smallest absolute Gasteiger partial charge is 0.308 e. The zero-order valence-electron chi connectivity index (χ0n) is 28.8. The van der Waals surface area contributed by atoms with Crippen LogP contribution in [0.25, 0.3) is 11.8 Å². The fourth-order valence-corrected chi connectivity index (χ4v) is 6.52. The van der Waals surface area contributed by atoms with Gasteiger partial charge in [0.25, 0.3) is 11.8 Å². The van der Waals surface area contributed by atoms with E-state index >= 15 is 0 Å². The Balaban J connectivity index is 1.43. The number of benzene rings is 3. The molecule has 0 saturated carbocycles. The predicted octanol–water partition coefficient (Wildman–Crippen LogP) is 7.41. The lowest BCUT2D eigenvalue weighted by Crippen LogP contribution is -2.42. The number of hydrogen-bond donors (Lipinski definition) is 1. The second-order valence-electron chi connectivity index (χ2n) is 11.6. The van der Waals surface area contributed by atoms with Gasteiger partial charge in [-0.2, -0.15) is 4.99 Å². The molecule has 0 bridgehead atoms. The van der Waals surface area contributed by atoms with E-state index in [4.69, 9.17) is 4.74 Å². The van der Waals surface area contributed by atoms with Crippen molar-refractivity contribution in [1.82, 2.24) is 14.8 Å². The highest BCUT2D eigenvalue weighted by molar-refractivity contribution is 8.14. The van der Waals surface area contributed by atoms with Gasteiger partial charge in [-0.05, 0) is 79.9 Å². The number of amidine groups is 1. The molecular formula is C41H38N4O5S. The molecule has 4 aromatic rings. The van der Waals surface area contributed by atoms with Crippen LogP contribution in [0, 0.1) is 13.8 Å². The van der Waals surface area contributed by atoms with Gasteiger partial charge in [-0.3, -0.25) is 24.1 Å². The molecule has 0 fully saturated rings. The molecule has 1 N–H and O–H groups in total. The molecule has 0 aliphatic carbocycles. The average molecular weight is 699 g/mol. The second kappa shape index (κ2) is 16.6. The van der Waals surface area contributed by atoms with Crippen LogP contribution in [0.4, 0.5) is 0 Å². The molecule has 51 heavy (non-hydrogen) atoms. The first-order valence-electron chi connectivity index (χ1n) is 16.3. The zero-order chi connectivity index (χ0) is 36.5. The van der Waals surface area contributed by atoms with Gasteiger partial charge in [-0.15, -0.1) is 0 Å². The maximum absolute atomic E-state index is 14.2. The average Bonchev–Trinajstić information content (AvgIpc) is 3.41. The lowest BCUT2D eigenvalue weighted by molar-refractivity contribution is -0.132. The van der Waals surface area contributed by atoms with Gasteiger partial charge < -0.3 is 14.6 Å². The quantitative estimate of drug-likeness (QED) is 0.0575. The summed E-state index contributed by atoms with van der Waals surface area (Å²) in [5.74, 6) is -1.64. The van der Waals surface area contributed by atoms with Crippen molar-refractivity contribution < 1.29 is 23.9 Å². The Morgan fingerprint density at radius 3 is 2.16 bits per heavy atom. The number of ether oxygens (including phenoxy) is 1. The molecule has 2 heterocycles. The summed E-state index contributed by atoms with van der Waals surface area (Å²) >= 11 is 1.01. The van der Waals surface area contributed by atoms with Crippen LogP contribution in [0.2, 0.25) is 0 Å². The highest BCUT2D eigenvalue weighted by Crippen LogP contribution is 2.29. The van der Waals surface area contributed by atoms with Gasteiger partial charge in [0, 0.05) is 29.7 Å². The van der Waals surface area contributed by atoms with Crippen molar-refractivity contribution in [2.75, 3.05) is 5.75 Å². The maximum atomic E-state index is 14.2. The number of aliphatic imine (C=N–C) groups is 1. The molecule has 3 aromatic carbocycles. The molecular weight excluding hydrogens is 661 g/mol. The first kappa shape index (κ1) is 36.3. The van der Waals surface area contributed by atoms with E-state index < -0.39 is 23.8 Å². The van der Waals surface area contributed by atoms with E-state index in [1.807, 2.05) is 97.3 Å². The van der Waals surface area contributed by atoms with Gasteiger partial charge in [0.2, 0.25) is 5.91 Å². The Labute approximate surface area is 301 Å². The van der Waals surface area contributed by atoms with Crippen LogP contribution >= 0.6 is 11.8 Å². The van der Waals surface area contributed by atoms with Gasteiger partial charge in [-0.1, -0.05) is 97.2 Å². The number of nitrogens with one attached hydrogen (secondary N) is 1. The molecule has 5 rings (SSSR count). The number of carbonyl (C=O) groups excluding carboxylic acids is 4. The van der Waals surface area contributed by atoms with Crippen molar-refractivity contribution >= 4 is 46.7 Å². The minimum atomic E-state index is -0.704. The molecule has 0 atom stereocenters. The number of hydrogen-bond acceptors (Lipinski definition) is 6. The van der Waals surface area contributed by atoms with Crippen LogP contribution in [-0.4, -0.2) is 44.1 Å². The highest BCUT2D eigenvalue weighted by atomic mass is 32.2. The van der Waals surface area contributed by atoms with Gasteiger partial charge >= 0.3 is 5.97 Å². The third-order valence-electron chi connectivity index (χ3n) is 8.04. The van der Waals surface area contributed by atoms with Crippen LogP contribution in [-0.2, 0) is 19.2 Å². The summed E-state index contributed by atoms with van der Waals surface area (Å²) in [5, 5.41) is 3.19. The number of allylic oxidation sites excluding steroid dienone is 4. The van der Waals surface area contributed by atoms with Crippen molar-refractivity contribution in [1.29, 1.82) is 0 Å². The number of carbonyl (C=O) groups is 4. The largest absolute Gasteiger partial charge is 0.427 e. The van der Waals surface area contributed by atoms with E-state index in [-0.39, 0.29) is 22.4 Å². The summed E-state index contributed by atoms with van der Waals surface area (Å²) in [6.07, 6.45) is 8.24. The molecule has 1 aliphatic heterocycles. The SMILES string of the molecule is C=C/C=C\C(=C/C)N1C(=O)/C(=C/c2cc(C)n(-c3ccc(OC(C)=O)cc3)c2C)C(=O)N=C1SCC(=O)NC(c1ccccc1)c1ccccc1. The second-order valence-corrected chi connectivity index (χ2v) is 12.5. The summed E-state index contributed by atoms with van der Waals surface area (Å²) in [6, 6.07) is 27.8. The summed E-state index contributed by atoms with van der Waals surface area (Å²) in [5.41, 5.74) is 5.32. The fourth-order valence-electron chi connectivity index (χ4n) is 5.71. The number of amides is 3. The topological polar surface area (TPSA) is 110 Å². The lowest BCUT2D eigenvalue weighted by atomic mass is 9.99. The Morgan fingerprint density at radius 1 is 0.961 bits per heavy atom. The Bertz CT molecular complexity index is 2040. The lowest BCUT2D eigenvalue weighted by Gasteiger charge is -2.28. The Hall–Kier alpha value is -6.00. The third kappa shape index (κ3) is 8.60. The van der Waals surface area contributed by atoms with Crippen molar-refractivity contribution in [3.63, 3.8) is 0 Å². The molecule has 3 amide bonds. The van der Waals surface area contributed by atoms with Crippen LogP contribution in [0.5, 0.6) is 5.75 Å². The molecule has 0 spiro atoms. The van der Waals surface area contributed by atoms with Gasteiger partial charge in [-0.25, -0.2) is 0 Å². The molecule has 0 radical (unpaired) electrons. The Kier molecular flexibility index (Phi) is 11.8. The van der Waals surface area contributed by atoms with Gasteiger partial charge in [0.1, 0.15) is 11.3 Å².